The van der Waals surface area contributed by atoms with E-state index in [4.69, 9.17) is 5.11 Å². The summed E-state index contributed by atoms with van der Waals surface area (Å²) in [7, 11) is 0. The largest absolute Gasteiger partial charge is 0.511 e. The van der Waals surface area contributed by atoms with Crippen LogP contribution < -0.4 is 0 Å². The zero-order chi connectivity index (χ0) is 12.0. The van der Waals surface area contributed by atoms with Gasteiger partial charge in [-0.3, -0.25) is 0 Å². The van der Waals surface area contributed by atoms with E-state index in [2.05, 4.69) is 0 Å². The van der Waals surface area contributed by atoms with Gasteiger partial charge in [0.1, 0.15) is 5.76 Å². The number of allylic oxidation sites excluding steroid dienone is 2. The minimum absolute atomic E-state index is 0.0185. The molecule has 3 nitrogen and oxygen atoms in total. The molecule has 0 aromatic heterocycles. The molecule has 0 aliphatic heterocycles. The van der Waals surface area contributed by atoms with Crippen molar-refractivity contribution in [3.8, 4) is 0 Å². The van der Waals surface area contributed by atoms with Gasteiger partial charge in [-0.1, -0.05) is 33.8 Å². The summed E-state index contributed by atoms with van der Waals surface area (Å²) in [4.78, 5) is 10.7. The number of aliphatic hydroxyl groups excluding tert-OH is 1. The maximum Gasteiger partial charge on any atom is 0.339 e. The molecule has 0 heterocycles. The maximum absolute atomic E-state index is 10.7. The Bertz CT molecular complexity index is 275. The maximum atomic E-state index is 10.7. The summed E-state index contributed by atoms with van der Waals surface area (Å²) >= 11 is 0. The Morgan fingerprint density at radius 2 is 2.00 bits per heavy atom. The summed E-state index contributed by atoms with van der Waals surface area (Å²) in [6.45, 7) is 7.94. The molecule has 0 fully saturated rings. The van der Waals surface area contributed by atoms with Gasteiger partial charge in [0.2, 0.25) is 0 Å². The molecule has 0 saturated carbocycles. The van der Waals surface area contributed by atoms with E-state index >= 15 is 0 Å². The van der Waals surface area contributed by atoms with E-state index in [0.29, 0.717) is 0 Å². The van der Waals surface area contributed by atoms with Gasteiger partial charge in [-0.25, -0.2) is 4.79 Å². The molecule has 0 amide bonds. The van der Waals surface area contributed by atoms with Crippen LogP contribution in [0.2, 0.25) is 0 Å². The lowest BCUT2D eigenvalue weighted by atomic mass is 9.85. The molecule has 0 aromatic carbocycles. The highest BCUT2D eigenvalue weighted by Crippen LogP contribution is 2.29. The monoisotopic (exact) mass is 212 g/mol. The summed E-state index contributed by atoms with van der Waals surface area (Å²) in [5, 5.41) is 18.4. The van der Waals surface area contributed by atoms with E-state index < -0.39 is 5.97 Å². The highest BCUT2D eigenvalue weighted by atomic mass is 16.4. The lowest BCUT2D eigenvalue weighted by Gasteiger charge is -2.22. The van der Waals surface area contributed by atoms with Gasteiger partial charge in [-0.05, 0) is 18.4 Å². The molecule has 0 aromatic rings. The molecule has 1 atom stereocenters. The normalized spacial score (nSPS) is 19.9. The van der Waals surface area contributed by atoms with E-state index in [1.54, 1.807) is 6.08 Å². The number of aliphatic hydroxyl groups is 1. The third-order valence-corrected chi connectivity index (χ3v) is 2.34. The molecular formula is C12H20O3. The molecule has 2 N–H and O–H groups in total. The Hall–Kier alpha value is -1.25. The summed E-state index contributed by atoms with van der Waals surface area (Å²) in [6.07, 6.45) is 3.99. The van der Waals surface area contributed by atoms with Crippen LogP contribution in [0.1, 0.15) is 34.1 Å². The van der Waals surface area contributed by atoms with Crippen LogP contribution >= 0.6 is 0 Å². The molecule has 0 saturated heterocycles. The van der Waals surface area contributed by atoms with Crippen molar-refractivity contribution in [3.05, 3.63) is 23.5 Å². The molecule has 1 unspecified atom stereocenters. The predicted octanol–water partition coefficient (Wildman–Crippen LogP) is 3.14. The molecule has 86 valence electrons. The van der Waals surface area contributed by atoms with Crippen molar-refractivity contribution in [1.29, 1.82) is 0 Å². The van der Waals surface area contributed by atoms with E-state index in [1.807, 2.05) is 27.7 Å². The topological polar surface area (TPSA) is 57.5 Å². The first-order chi connectivity index (χ1) is 7.04. The number of hydrogen-bond acceptors (Lipinski definition) is 2. The zero-order valence-corrected chi connectivity index (χ0v) is 9.82. The Morgan fingerprint density at radius 3 is 2.40 bits per heavy atom. The summed E-state index contributed by atoms with van der Waals surface area (Å²) in [6, 6.07) is 0. The minimum atomic E-state index is -1.06. The predicted molar refractivity (Wildman–Crippen MR) is 60.7 cm³/mol. The van der Waals surface area contributed by atoms with Gasteiger partial charge in [-0.15, -0.1) is 0 Å². The molecule has 0 spiro atoms. The molecule has 1 aliphatic rings. The van der Waals surface area contributed by atoms with Gasteiger partial charge in [-0.2, -0.15) is 0 Å². The zero-order valence-electron chi connectivity index (χ0n) is 9.82. The second kappa shape index (κ2) is 6.27. The fourth-order valence-electron chi connectivity index (χ4n) is 1.50. The first-order valence-corrected chi connectivity index (χ1v) is 5.37. The minimum Gasteiger partial charge on any atom is -0.511 e. The standard InChI is InChI=1S/C10H14O3.C2H6/c1-6(2)7-4-3-5-8(9(7)11)10(12)13;1-2/h3,5-7,11H,4H2,1-2H3,(H,12,13);1-2H3. The Kier molecular flexibility index (Phi) is 5.75. The molecule has 1 aliphatic carbocycles. The molecule has 3 heteroatoms. The third-order valence-electron chi connectivity index (χ3n) is 2.34. The molecule has 1 rings (SSSR count). The summed E-state index contributed by atoms with van der Waals surface area (Å²) in [5.74, 6) is -0.820. The van der Waals surface area contributed by atoms with Crippen LogP contribution in [-0.4, -0.2) is 16.2 Å². The number of carboxylic acid groups (broad SMARTS) is 1. The van der Waals surface area contributed by atoms with Gasteiger partial charge in [0.05, 0.1) is 5.57 Å². The summed E-state index contributed by atoms with van der Waals surface area (Å²) in [5.41, 5.74) is 0.0324. The van der Waals surface area contributed by atoms with E-state index in [-0.39, 0.29) is 23.2 Å². The van der Waals surface area contributed by atoms with Gasteiger partial charge in [0.15, 0.2) is 0 Å². The second-order valence-electron chi connectivity index (χ2n) is 3.59. The van der Waals surface area contributed by atoms with Crippen LogP contribution in [0, 0.1) is 11.8 Å². The SMILES string of the molecule is CC.CC(C)C1CC=CC(C(=O)O)=C1O. The quantitative estimate of drug-likeness (QED) is 0.739. The highest BCUT2D eigenvalue weighted by molar-refractivity contribution is 5.90. The molecular weight excluding hydrogens is 192 g/mol. The second-order valence-corrected chi connectivity index (χ2v) is 3.59. The third kappa shape index (κ3) is 3.42. The Labute approximate surface area is 91.1 Å². The van der Waals surface area contributed by atoms with Crippen LogP contribution in [0.5, 0.6) is 0 Å². The van der Waals surface area contributed by atoms with E-state index in [0.717, 1.165) is 6.42 Å². The van der Waals surface area contributed by atoms with Crippen molar-refractivity contribution in [2.75, 3.05) is 0 Å². The van der Waals surface area contributed by atoms with Crippen molar-refractivity contribution in [2.24, 2.45) is 11.8 Å². The van der Waals surface area contributed by atoms with Crippen molar-refractivity contribution < 1.29 is 15.0 Å². The van der Waals surface area contributed by atoms with Crippen molar-refractivity contribution >= 4 is 5.97 Å². The van der Waals surface area contributed by atoms with Gasteiger partial charge in [0.25, 0.3) is 0 Å². The number of hydrogen-bond donors (Lipinski definition) is 2. The van der Waals surface area contributed by atoms with E-state index in [9.17, 15) is 9.90 Å². The van der Waals surface area contributed by atoms with Crippen LogP contribution in [0.4, 0.5) is 0 Å². The van der Waals surface area contributed by atoms with Crippen molar-refractivity contribution in [3.63, 3.8) is 0 Å². The highest BCUT2D eigenvalue weighted by Gasteiger charge is 2.25. The Morgan fingerprint density at radius 1 is 1.47 bits per heavy atom. The average molecular weight is 212 g/mol. The van der Waals surface area contributed by atoms with Crippen LogP contribution in [0.25, 0.3) is 0 Å². The fraction of sp³-hybridized carbons (Fsp3) is 0.583. The smallest absolute Gasteiger partial charge is 0.339 e. The lowest BCUT2D eigenvalue weighted by molar-refractivity contribution is -0.132. The number of rotatable bonds is 2. The fourth-order valence-corrected chi connectivity index (χ4v) is 1.50. The Balaban J connectivity index is 0.000000921. The van der Waals surface area contributed by atoms with Gasteiger partial charge in [0, 0.05) is 5.92 Å². The van der Waals surface area contributed by atoms with Gasteiger partial charge < -0.3 is 10.2 Å². The first kappa shape index (κ1) is 13.8. The molecule has 15 heavy (non-hydrogen) atoms. The van der Waals surface area contributed by atoms with E-state index in [1.165, 1.54) is 6.08 Å². The van der Waals surface area contributed by atoms with Crippen molar-refractivity contribution in [1.82, 2.24) is 0 Å². The number of carboxylic acids is 1. The number of carbonyl (C=O) groups is 1. The number of aliphatic carboxylic acids is 1. The van der Waals surface area contributed by atoms with Crippen LogP contribution in [-0.2, 0) is 4.79 Å². The first-order valence-electron chi connectivity index (χ1n) is 5.37. The van der Waals surface area contributed by atoms with Gasteiger partial charge >= 0.3 is 5.97 Å². The molecule has 0 bridgehead atoms. The summed E-state index contributed by atoms with van der Waals surface area (Å²) < 4.78 is 0. The van der Waals surface area contributed by atoms with Crippen LogP contribution in [0.3, 0.4) is 0 Å². The molecule has 0 radical (unpaired) electrons. The van der Waals surface area contributed by atoms with Crippen LogP contribution in [0.15, 0.2) is 23.5 Å². The van der Waals surface area contributed by atoms with Crippen molar-refractivity contribution in [2.45, 2.75) is 34.1 Å². The average Bonchev–Trinajstić information content (AvgIpc) is 2.20. The lowest BCUT2D eigenvalue weighted by Crippen LogP contribution is -2.18.